The number of pyridine rings is 2. The molecule has 6 nitrogen and oxygen atoms in total. The van der Waals surface area contributed by atoms with Crippen molar-refractivity contribution in [1.82, 2.24) is 19.7 Å². The van der Waals surface area contributed by atoms with Crippen LogP contribution in [0.25, 0.3) is 17.0 Å². The first-order valence-corrected chi connectivity index (χ1v) is 10.8. The molecular formula is C23H29N5O. The van der Waals surface area contributed by atoms with E-state index in [1.807, 2.05) is 13.1 Å². The molecular weight excluding hydrogens is 362 g/mol. The first kappa shape index (κ1) is 18.4. The number of nitrogens with zero attached hydrogens (tertiary/aromatic N) is 3. The Morgan fingerprint density at radius 1 is 1.28 bits per heavy atom. The summed E-state index contributed by atoms with van der Waals surface area (Å²) in [5.41, 5.74) is 4.15. The van der Waals surface area contributed by atoms with Gasteiger partial charge in [-0.25, -0.2) is 9.97 Å². The van der Waals surface area contributed by atoms with Crippen LogP contribution in [0.3, 0.4) is 0 Å². The third-order valence-electron chi connectivity index (χ3n) is 5.94. The van der Waals surface area contributed by atoms with E-state index in [2.05, 4.69) is 57.4 Å². The summed E-state index contributed by atoms with van der Waals surface area (Å²) in [5.74, 6) is 2.52. The van der Waals surface area contributed by atoms with Crippen LogP contribution in [0.5, 0.6) is 5.75 Å². The van der Waals surface area contributed by atoms with E-state index < -0.39 is 0 Å². The van der Waals surface area contributed by atoms with E-state index >= 15 is 0 Å². The molecule has 2 atom stereocenters. The Hall–Kier alpha value is -2.60. The fraction of sp³-hybridized carbons (Fsp3) is 0.478. The Bertz CT molecular complexity index is 1010. The zero-order chi connectivity index (χ0) is 19.8. The lowest BCUT2D eigenvalue weighted by Crippen LogP contribution is -2.41. The first-order valence-electron chi connectivity index (χ1n) is 10.8. The van der Waals surface area contributed by atoms with Crippen LogP contribution in [0.1, 0.15) is 51.0 Å². The smallest absolute Gasteiger partial charge is 0.140 e. The average Bonchev–Trinajstić information content (AvgIpc) is 3.48. The van der Waals surface area contributed by atoms with Crippen molar-refractivity contribution < 1.29 is 4.74 Å². The van der Waals surface area contributed by atoms with Crippen LogP contribution in [0.15, 0.2) is 36.7 Å². The third-order valence-corrected chi connectivity index (χ3v) is 5.94. The fourth-order valence-corrected chi connectivity index (χ4v) is 4.32. The number of nitrogens with one attached hydrogen (secondary N) is 2. The van der Waals surface area contributed by atoms with E-state index in [0.29, 0.717) is 24.6 Å². The van der Waals surface area contributed by atoms with E-state index in [1.165, 1.54) is 18.4 Å². The summed E-state index contributed by atoms with van der Waals surface area (Å²) in [6.07, 6.45) is 8.84. The highest BCUT2D eigenvalue weighted by Crippen LogP contribution is 2.45. The maximum atomic E-state index is 5.89. The molecule has 0 amide bonds. The molecule has 1 aliphatic carbocycles. The Labute approximate surface area is 171 Å². The van der Waals surface area contributed by atoms with Crippen LogP contribution in [0.4, 0.5) is 5.82 Å². The number of imidazole rings is 1. The van der Waals surface area contributed by atoms with Crippen molar-refractivity contribution in [1.29, 1.82) is 0 Å². The second-order valence-electron chi connectivity index (χ2n) is 8.30. The summed E-state index contributed by atoms with van der Waals surface area (Å²) >= 11 is 0. The van der Waals surface area contributed by atoms with Crippen LogP contribution in [0, 0.1) is 0 Å². The number of fused-ring (bicyclic) bond motifs is 1. The number of hydrogen-bond acceptors (Lipinski definition) is 5. The first-order chi connectivity index (χ1) is 14.2. The molecule has 1 saturated heterocycles. The van der Waals surface area contributed by atoms with Gasteiger partial charge in [0.2, 0.25) is 0 Å². The lowest BCUT2D eigenvalue weighted by molar-refractivity contribution is 0.336. The van der Waals surface area contributed by atoms with Crippen molar-refractivity contribution in [2.75, 3.05) is 18.5 Å². The third kappa shape index (κ3) is 3.81. The topological polar surface area (TPSA) is 63.5 Å². The lowest BCUT2D eigenvalue weighted by atomic mass is 10.0. The highest BCUT2D eigenvalue weighted by atomic mass is 16.5. The number of aromatic nitrogens is 3. The molecule has 0 radical (unpaired) electrons. The Kier molecular flexibility index (Phi) is 4.87. The highest BCUT2D eigenvalue weighted by Gasteiger charge is 2.28. The van der Waals surface area contributed by atoms with Gasteiger partial charge in [-0.05, 0) is 64.1 Å². The van der Waals surface area contributed by atoms with Gasteiger partial charge in [0.1, 0.15) is 17.2 Å². The van der Waals surface area contributed by atoms with Gasteiger partial charge in [-0.15, -0.1) is 0 Å². The Morgan fingerprint density at radius 2 is 2.17 bits per heavy atom. The molecule has 0 aromatic carbocycles. The van der Waals surface area contributed by atoms with Crippen LogP contribution in [0.2, 0.25) is 0 Å². The molecule has 3 aromatic rings. The maximum Gasteiger partial charge on any atom is 0.140 e. The molecule has 0 spiro atoms. The summed E-state index contributed by atoms with van der Waals surface area (Å²) < 4.78 is 8.05. The van der Waals surface area contributed by atoms with E-state index in [4.69, 9.17) is 9.72 Å². The molecule has 2 unspecified atom stereocenters. The molecule has 6 heteroatoms. The molecule has 2 fully saturated rings. The molecule has 2 N–H and O–H groups in total. The van der Waals surface area contributed by atoms with Gasteiger partial charge in [0.25, 0.3) is 0 Å². The summed E-state index contributed by atoms with van der Waals surface area (Å²) in [6.45, 7) is 6.00. The predicted octanol–water partition coefficient (Wildman–Crippen LogP) is 4.22. The minimum absolute atomic E-state index is 0.464. The van der Waals surface area contributed by atoms with Crippen molar-refractivity contribution in [2.24, 2.45) is 0 Å². The van der Waals surface area contributed by atoms with Crippen molar-refractivity contribution in [3.63, 3.8) is 0 Å². The van der Waals surface area contributed by atoms with Crippen molar-refractivity contribution >= 4 is 11.5 Å². The van der Waals surface area contributed by atoms with Gasteiger partial charge < -0.3 is 15.4 Å². The van der Waals surface area contributed by atoms with Crippen LogP contribution < -0.4 is 15.4 Å². The van der Waals surface area contributed by atoms with E-state index in [9.17, 15) is 0 Å². The molecule has 1 saturated carbocycles. The monoisotopic (exact) mass is 391 g/mol. The SMILES string of the molecule is CCOc1cc2ncc(-c3cccc(NC4CCNC(C)C4)n3)n2cc1C1CC1. The number of piperidine rings is 1. The number of rotatable bonds is 6. The van der Waals surface area contributed by atoms with Gasteiger partial charge >= 0.3 is 0 Å². The van der Waals surface area contributed by atoms with Gasteiger partial charge in [0.15, 0.2) is 0 Å². The number of hydrogen-bond donors (Lipinski definition) is 2. The lowest BCUT2D eigenvalue weighted by Gasteiger charge is -2.29. The average molecular weight is 392 g/mol. The van der Waals surface area contributed by atoms with E-state index in [0.717, 1.165) is 48.0 Å². The maximum absolute atomic E-state index is 5.89. The molecule has 4 heterocycles. The number of ether oxygens (including phenoxy) is 1. The van der Waals surface area contributed by atoms with Crippen molar-refractivity contribution in [3.05, 3.63) is 42.2 Å². The summed E-state index contributed by atoms with van der Waals surface area (Å²) in [5, 5.41) is 7.13. The van der Waals surface area contributed by atoms with Gasteiger partial charge in [-0.1, -0.05) is 6.07 Å². The molecule has 29 heavy (non-hydrogen) atoms. The minimum Gasteiger partial charge on any atom is -0.493 e. The Morgan fingerprint density at radius 3 is 2.97 bits per heavy atom. The summed E-state index contributed by atoms with van der Waals surface area (Å²) in [7, 11) is 0. The normalized spacial score (nSPS) is 22.0. The zero-order valence-corrected chi connectivity index (χ0v) is 17.2. The van der Waals surface area contributed by atoms with Gasteiger partial charge in [0.05, 0.1) is 24.2 Å². The van der Waals surface area contributed by atoms with Gasteiger partial charge in [-0.2, -0.15) is 0 Å². The molecule has 5 rings (SSSR count). The van der Waals surface area contributed by atoms with E-state index in [1.54, 1.807) is 0 Å². The van der Waals surface area contributed by atoms with E-state index in [-0.39, 0.29) is 0 Å². The van der Waals surface area contributed by atoms with Gasteiger partial charge in [0, 0.05) is 29.9 Å². The van der Waals surface area contributed by atoms with Crippen molar-refractivity contribution in [3.8, 4) is 17.1 Å². The van der Waals surface area contributed by atoms with Gasteiger partial charge in [-0.3, -0.25) is 4.40 Å². The van der Waals surface area contributed by atoms with Crippen molar-refractivity contribution in [2.45, 2.75) is 57.5 Å². The quantitative estimate of drug-likeness (QED) is 0.659. The predicted molar refractivity (Wildman–Crippen MR) is 116 cm³/mol. The fourth-order valence-electron chi connectivity index (χ4n) is 4.32. The standard InChI is InChI=1S/C23H29N5O/c1-3-29-21-12-23-25-13-20(28(23)14-18(21)16-7-8-16)19-5-4-6-22(27-19)26-17-9-10-24-15(2)11-17/h4-6,12-17,24H,3,7-11H2,1-2H3,(H,26,27). The second-order valence-corrected chi connectivity index (χ2v) is 8.30. The minimum atomic E-state index is 0.464. The molecule has 0 bridgehead atoms. The van der Waals surface area contributed by atoms with Crippen LogP contribution in [-0.2, 0) is 0 Å². The molecule has 1 aliphatic heterocycles. The zero-order valence-electron chi connectivity index (χ0n) is 17.2. The highest BCUT2D eigenvalue weighted by molar-refractivity contribution is 5.64. The summed E-state index contributed by atoms with van der Waals surface area (Å²) in [6, 6.07) is 9.27. The van der Waals surface area contributed by atoms with Crippen LogP contribution in [-0.4, -0.2) is 39.6 Å². The molecule has 2 aliphatic rings. The van der Waals surface area contributed by atoms with Crippen LogP contribution >= 0.6 is 0 Å². The largest absolute Gasteiger partial charge is 0.493 e. The molecule has 3 aromatic heterocycles. The Balaban J connectivity index is 1.46. The number of anilines is 1. The molecule has 152 valence electrons. The summed E-state index contributed by atoms with van der Waals surface area (Å²) in [4.78, 5) is 9.54. The second kappa shape index (κ2) is 7.67.